The van der Waals surface area contributed by atoms with Gasteiger partial charge in [-0.05, 0) is 25.2 Å². The van der Waals surface area contributed by atoms with Crippen molar-refractivity contribution in [2.45, 2.75) is 51.0 Å². The van der Waals surface area contributed by atoms with Gasteiger partial charge < -0.3 is 4.74 Å². The van der Waals surface area contributed by atoms with Crippen LogP contribution in [0.4, 0.5) is 0 Å². The van der Waals surface area contributed by atoms with Crippen molar-refractivity contribution in [3.63, 3.8) is 0 Å². The van der Waals surface area contributed by atoms with Gasteiger partial charge in [-0.25, -0.2) is 0 Å². The van der Waals surface area contributed by atoms with Crippen LogP contribution in [0.15, 0.2) is 12.3 Å². The third-order valence-electron chi connectivity index (χ3n) is 3.55. The van der Waals surface area contributed by atoms with Crippen LogP contribution in [0.2, 0.25) is 0 Å². The number of ether oxygens (including phenoxy) is 1. The lowest BCUT2D eigenvalue weighted by molar-refractivity contribution is -0.131. The van der Waals surface area contributed by atoms with E-state index in [1.54, 1.807) is 12.3 Å². The molecule has 0 aromatic carbocycles. The Balaban J connectivity index is 2.12. The molecular formula is C12H18O2. The molecule has 1 fully saturated rings. The van der Waals surface area contributed by atoms with Gasteiger partial charge in [0.05, 0.1) is 12.7 Å². The van der Waals surface area contributed by atoms with E-state index in [9.17, 15) is 4.79 Å². The van der Waals surface area contributed by atoms with Gasteiger partial charge in [-0.3, -0.25) is 4.79 Å². The molecule has 0 aromatic rings. The van der Waals surface area contributed by atoms with E-state index in [-0.39, 0.29) is 11.4 Å². The molecule has 0 saturated heterocycles. The minimum Gasteiger partial charge on any atom is -0.494 e. The van der Waals surface area contributed by atoms with Crippen molar-refractivity contribution in [1.29, 1.82) is 0 Å². The van der Waals surface area contributed by atoms with Crippen LogP contribution in [0.25, 0.3) is 0 Å². The van der Waals surface area contributed by atoms with Gasteiger partial charge in [0, 0.05) is 6.08 Å². The third-order valence-corrected chi connectivity index (χ3v) is 3.55. The highest BCUT2D eigenvalue weighted by Gasteiger charge is 2.44. The maximum absolute atomic E-state index is 11.4. The van der Waals surface area contributed by atoms with Crippen molar-refractivity contribution in [2.24, 2.45) is 5.92 Å². The zero-order valence-corrected chi connectivity index (χ0v) is 8.79. The Morgan fingerprint density at radius 2 is 2.36 bits per heavy atom. The molecule has 0 N–H and O–H groups in total. The molecule has 0 aromatic heterocycles. The van der Waals surface area contributed by atoms with Crippen LogP contribution in [0.1, 0.15) is 45.4 Å². The minimum atomic E-state index is -0.140. The van der Waals surface area contributed by atoms with Crippen molar-refractivity contribution in [3.8, 4) is 0 Å². The van der Waals surface area contributed by atoms with E-state index in [1.807, 2.05) is 0 Å². The fraction of sp³-hybridized carbons (Fsp3) is 0.750. The molecule has 14 heavy (non-hydrogen) atoms. The molecular weight excluding hydrogens is 176 g/mol. The lowest BCUT2D eigenvalue weighted by atomic mass is 9.68. The zero-order chi connectivity index (χ0) is 10.0. The first-order valence-corrected chi connectivity index (χ1v) is 5.64. The molecule has 0 bridgehead atoms. The fourth-order valence-electron chi connectivity index (χ4n) is 2.59. The molecule has 1 unspecified atom stereocenters. The largest absolute Gasteiger partial charge is 0.494 e. The number of allylic oxidation sites excluding steroid dienone is 1. The lowest BCUT2D eigenvalue weighted by Crippen LogP contribution is -2.46. The molecule has 2 aliphatic rings. The molecule has 2 rings (SSSR count). The monoisotopic (exact) mass is 194 g/mol. The minimum absolute atomic E-state index is 0.140. The van der Waals surface area contributed by atoms with E-state index < -0.39 is 0 Å². The van der Waals surface area contributed by atoms with Crippen molar-refractivity contribution in [1.82, 2.24) is 0 Å². The highest BCUT2D eigenvalue weighted by molar-refractivity contribution is 5.90. The van der Waals surface area contributed by atoms with E-state index in [2.05, 4.69) is 6.92 Å². The number of hydrogen-bond acceptors (Lipinski definition) is 2. The maximum Gasteiger partial charge on any atom is 0.162 e. The average molecular weight is 194 g/mol. The number of ketones is 1. The maximum atomic E-state index is 11.4. The highest BCUT2D eigenvalue weighted by Crippen LogP contribution is 2.44. The topological polar surface area (TPSA) is 26.3 Å². The molecule has 0 amide bonds. The van der Waals surface area contributed by atoms with Crippen LogP contribution in [-0.2, 0) is 9.53 Å². The lowest BCUT2D eigenvalue weighted by Gasteiger charge is -2.45. The van der Waals surface area contributed by atoms with E-state index in [1.165, 1.54) is 19.3 Å². The Morgan fingerprint density at radius 3 is 2.86 bits per heavy atom. The predicted molar refractivity (Wildman–Crippen MR) is 54.8 cm³/mol. The molecule has 2 heteroatoms. The Morgan fingerprint density at radius 1 is 1.57 bits per heavy atom. The molecule has 1 heterocycles. The van der Waals surface area contributed by atoms with Crippen LogP contribution in [0.3, 0.4) is 0 Å². The third kappa shape index (κ3) is 1.58. The second-order valence-electron chi connectivity index (χ2n) is 4.51. The van der Waals surface area contributed by atoms with Gasteiger partial charge in [0.15, 0.2) is 5.78 Å². The second-order valence-corrected chi connectivity index (χ2v) is 4.51. The molecule has 1 aliphatic carbocycles. The quantitative estimate of drug-likeness (QED) is 0.690. The molecule has 2 nitrogen and oxygen atoms in total. The summed E-state index contributed by atoms with van der Waals surface area (Å²) in [4.78, 5) is 11.4. The van der Waals surface area contributed by atoms with Crippen LogP contribution in [-0.4, -0.2) is 11.4 Å². The first-order valence-electron chi connectivity index (χ1n) is 5.64. The number of carbonyl (C=O) groups is 1. The van der Waals surface area contributed by atoms with Crippen molar-refractivity contribution < 1.29 is 9.53 Å². The molecule has 1 aliphatic heterocycles. The number of rotatable bonds is 3. The van der Waals surface area contributed by atoms with Crippen LogP contribution in [0, 0.1) is 5.92 Å². The zero-order valence-electron chi connectivity index (χ0n) is 8.79. The molecule has 78 valence electrons. The first kappa shape index (κ1) is 9.75. The SMILES string of the molecule is CCCC1(C2CCC2)CC(=O)C=CO1. The molecule has 0 radical (unpaired) electrons. The van der Waals surface area contributed by atoms with Crippen LogP contribution in [0.5, 0.6) is 0 Å². The van der Waals surface area contributed by atoms with Gasteiger partial charge >= 0.3 is 0 Å². The summed E-state index contributed by atoms with van der Waals surface area (Å²) in [5.74, 6) is 0.855. The van der Waals surface area contributed by atoms with Crippen molar-refractivity contribution >= 4 is 5.78 Å². The summed E-state index contributed by atoms with van der Waals surface area (Å²) in [5, 5.41) is 0. The van der Waals surface area contributed by atoms with Gasteiger partial charge in [-0.1, -0.05) is 19.8 Å². The summed E-state index contributed by atoms with van der Waals surface area (Å²) in [6, 6.07) is 0. The van der Waals surface area contributed by atoms with Crippen molar-refractivity contribution in [3.05, 3.63) is 12.3 Å². The normalized spacial score (nSPS) is 32.5. The summed E-state index contributed by atoms with van der Waals surface area (Å²) < 4.78 is 5.78. The van der Waals surface area contributed by atoms with E-state index in [0.29, 0.717) is 12.3 Å². The van der Waals surface area contributed by atoms with Gasteiger partial charge in [0.25, 0.3) is 0 Å². The summed E-state index contributed by atoms with van der Waals surface area (Å²) in [5.41, 5.74) is -0.140. The summed E-state index contributed by atoms with van der Waals surface area (Å²) >= 11 is 0. The Bertz CT molecular complexity index is 253. The Kier molecular flexibility index (Phi) is 2.62. The number of hydrogen-bond donors (Lipinski definition) is 0. The first-order chi connectivity index (χ1) is 6.77. The summed E-state index contributed by atoms with van der Waals surface area (Å²) in [6.45, 7) is 2.16. The second kappa shape index (κ2) is 3.76. The molecule has 0 spiro atoms. The standard InChI is InChI=1S/C12H18O2/c1-2-7-12(10-4-3-5-10)9-11(13)6-8-14-12/h6,8,10H,2-5,7,9H2,1H3. The van der Waals surface area contributed by atoms with Crippen LogP contribution >= 0.6 is 0 Å². The van der Waals surface area contributed by atoms with Crippen molar-refractivity contribution in [2.75, 3.05) is 0 Å². The van der Waals surface area contributed by atoms with Gasteiger partial charge in [-0.2, -0.15) is 0 Å². The van der Waals surface area contributed by atoms with Gasteiger partial charge in [-0.15, -0.1) is 0 Å². The average Bonchev–Trinajstić information content (AvgIpc) is 2.00. The van der Waals surface area contributed by atoms with E-state index >= 15 is 0 Å². The number of carbonyl (C=O) groups excluding carboxylic acids is 1. The van der Waals surface area contributed by atoms with Gasteiger partial charge in [0.2, 0.25) is 0 Å². The van der Waals surface area contributed by atoms with E-state index in [0.717, 1.165) is 12.8 Å². The smallest absolute Gasteiger partial charge is 0.162 e. The summed E-state index contributed by atoms with van der Waals surface area (Å²) in [6.07, 6.45) is 9.67. The highest BCUT2D eigenvalue weighted by atomic mass is 16.5. The molecule has 1 atom stereocenters. The summed E-state index contributed by atoms with van der Waals surface area (Å²) in [7, 11) is 0. The Hall–Kier alpha value is -0.790. The fourth-order valence-corrected chi connectivity index (χ4v) is 2.59. The Labute approximate surface area is 85.3 Å². The van der Waals surface area contributed by atoms with Gasteiger partial charge in [0.1, 0.15) is 5.60 Å². The molecule has 1 saturated carbocycles. The van der Waals surface area contributed by atoms with E-state index in [4.69, 9.17) is 4.74 Å². The van der Waals surface area contributed by atoms with Crippen LogP contribution < -0.4 is 0 Å². The predicted octanol–water partition coefficient (Wildman–Crippen LogP) is 2.83.